The molecule has 1 aliphatic carbocycles. The van der Waals surface area contributed by atoms with E-state index < -0.39 is 17.7 Å². The number of hydrogen-bond donors (Lipinski definition) is 1. The van der Waals surface area contributed by atoms with Crippen LogP contribution in [0.4, 0.5) is 8.78 Å². The fourth-order valence-corrected chi connectivity index (χ4v) is 3.75. The molecule has 0 amide bonds. The Hall–Kier alpha value is -1.00. The van der Waals surface area contributed by atoms with Crippen LogP contribution in [-0.4, -0.2) is 29.6 Å². The van der Waals surface area contributed by atoms with Gasteiger partial charge in [0.1, 0.15) is 11.6 Å². The average molecular weight is 281 g/mol. The fourth-order valence-electron chi connectivity index (χ4n) is 3.75. The smallest absolute Gasteiger partial charge is 0.126 e. The van der Waals surface area contributed by atoms with Gasteiger partial charge in [0.2, 0.25) is 0 Å². The molecule has 2 aliphatic rings. The van der Waals surface area contributed by atoms with Crippen LogP contribution in [0.3, 0.4) is 0 Å². The molecule has 0 radical (unpaired) electrons. The molecule has 2 fully saturated rings. The first-order valence-electron chi connectivity index (χ1n) is 7.48. The van der Waals surface area contributed by atoms with E-state index in [1.54, 1.807) is 0 Å². The Morgan fingerprint density at radius 1 is 1.10 bits per heavy atom. The van der Waals surface area contributed by atoms with E-state index in [-0.39, 0.29) is 0 Å². The summed E-state index contributed by atoms with van der Waals surface area (Å²) < 4.78 is 26.2. The summed E-state index contributed by atoms with van der Waals surface area (Å²) in [5, 5.41) is 10.1. The van der Waals surface area contributed by atoms with Crippen molar-refractivity contribution in [1.82, 2.24) is 4.90 Å². The topological polar surface area (TPSA) is 23.5 Å². The Morgan fingerprint density at radius 2 is 1.70 bits per heavy atom. The fraction of sp³-hybridized carbons (Fsp3) is 0.625. The zero-order valence-corrected chi connectivity index (χ0v) is 11.6. The lowest BCUT2D eigenvalue weighted by Gasteiger charge is -2.19. The molecule has 3 unspecified atom stereocenters. The molecule has 2 nitrogen and oxygen atoms in total. The maximum absolute atomic E-state index is 13.1. The highest BCUT2D eigenvalue weighted by Crippen LogP contribution is 2.37. The molecule has 1 N–H and O–H groups in total. The van der Waals surface area contributed by atoms with Gasteiger partial charge in [-0.3, -0.25) is 0 Å². The van der Waals surface area contributed by atoms with Gasteiger partial charge in [-0.15, -0.1) is 0 Å². The molecule has 20 heavy (non-hydrogen) atoms. The molecule has 110 valence electrons. The predicted molar refractivity (Wildman–Crippen MR) is 73.2 cm³/mol. The van der Waals surface area contributed by atoms with Gasteiger partial charge < -0.3 is 10.0 Å². The Kier molecular flexibility index (Phi) is 4.03. The van der Waals surface area contributed by atoms with Crippen LogP contribution < -0.4 is 0 Å². The molecule has 3 atom stereocenters. The van der Waals surface area contributed by atoms with Gasteiger partial charge in [0.25, 0.3) is 0 Å². The van der Waals surface area contributed by atoms with Gasteiger partial charge in [-0.05, 0) is 48.8 Å². The normalized spacial score (nSPS) is 27.8. The van der Waals surface area contributed by atoms with Crippen LogP contribution in [0, 0.1) is 23.5 Å². The lowest BCUT2D eigenvalue weighted by molar-refractivity contribution is 0.146. The summed E-state index contributed by atoms with van der Waals surface area (Å²) in [6.45, 7) is 3.04. The summed E-state index contributed by atoms with van der Waals surface area (Å²) in [7, 11) is 0. The molecule has 1 aromatic carbocycles. The molecule has 0 aromatic heterocycles. The number of nitrogens with zero attached hydrogens (tertiary/aromatic N) is 1. The van der Waals surface area contributed by atoms with Gasteiger partial charge in [-0.25, -0.2) is 8.78 Å². The average Bonchev–Trinajstić information content (AvgIpc) is 2.95. The van der Waals surface area contributed by atoms with Crippen molar-refractivity contribution in [3.8, 4) is 0 Å². The molecule has 0 spiro atoms. The van der Waals surface area contributed by atoms with E-state index in [0.29, 0.717) is 12.0 Å². The maximum Gasteiger partial charge on any atom is 0.126 e. The second-order valence-corrected chi connectivity index (χ2v) is 6.22. The first-order chi connectivity index (χ1) is 9.61. The van der Waals surface area contributed by atoms with Gasteiger partial charge in [0, 0.05) is 25.7 Å². The van der Waals surface area contributed by atoms with Crippen molar-refractivity contribution >= 4 is 0 Å². The molecule has 1 aromatic rings. The third kappa shape index (κ3) is 3.01. The second kappa shape index (κ2) is 5.78. The van der Waals surface area contributed by atoms with Crippen LogP contribution in [0.15, 0.2) is 18.2 Å². The van der Waals surface area contributed by atoms with Crippen LogP contribution in [-0.2, 0) is 0 Å². The van der Waals surface area contributed by atoms with Gasteiger partial charge in [0.05, 0.1) is 6.10 Å². The SMILES string of the molecule is OC(CCN1CC2CCCC2C1)c1cc(F)cc(F)c1. The number of halogens is 2. The van der Waals surface area contributed by atoms with Gasteiger partial charge in [0.15, 0.2) is 0 Å². The molecule has 1 aliphatic heterocycles. The first-order valence-corrected chi connectivity index (χ1v) is 7.48. The van der Waals surface area contributed by atoms with E-state index in [2.05, 4.69) is 4.90 Å². The Labute approximate surface area is 118 Å². The zero-order chi connectivity index (χ0) is 14.1. The first kappa shape index (κ1) is 14.0. The second-order valence-electron chi connectivity index (χ2n) is 6.22. The molecule has 3 rings (SSSR count). The van der Waals surface area contributed by atoms with Crippen molar-refractivity contribution in [2.75, 3.05) is 19.6 Å². The molecule has 1 heterocycles. The molecule has 0 bridgehead atoms. The molecule has 1 saturated heterocycles. The molecule has 1 saturated carbocycles. The van der Waals surface area contributed by atoms with E-state index in [4.69, 9.17) is 0 Å². The molecular formula is C16H21F2NO. The zero-order valence-electron chi connectivity index (χ0n) is 11.6. The minimum absolute atomic E-state index is 0.335. The molecule has 4 heteroatoms. The van der Waals surface area contributed by atoms with Gasteiger partial charge in [-0.1, -0.05) is 6.42 Å². The van der Waals surface area contributed by atoms with Crippen LogP contribution in [0.25, 0.3) is 0 Å². The van der Waals surface area contributed by atoms with E-state index in [1.807, 2.05) is 0 Å². The Bertz CT molecular complexity index is 447. The Balaban J connectivity index is 1.53. The van der Waals surface area contributed by atoms with Crippen LogP contribution in [0.5, 0.6) is 0 Å². The minimum Gasteiger partial charge on any atom is -0.388 e. The van der Waals surface area contributed by atoms with Crippen molar-refractivity contribution in [3.63, 3.8) is 0 Å². The van der Waals surface area contributed by atoms with Crippen molar-refractivity contribution in [3.05, 3.63) is 35.4 Å². The summed E-state index contributed by atoms with van der Waals surface area (Å²) in [5.74, 6) is 0.405. The number of hydrogen-bond acceptors (Lipinski definition) is 2. The monoisotopic (exact) mass is 281 g/mol. The van der Waals surface area contributed by atoms with Crippen molar-refractivity contribution in [1.29, 1.82) is 0 Å². The third-order valence-electron chi connectivity index (χ3n) is 4.79. The van der Waals surface area contributed by atoms with E-state index in [1.165, 1.54) is 31.4 Å². The summed E-state index contributed by atoms with van der Waals surface area (Å²) in [4.78, 5) is 2.38. The summed E-state index contributed by atoms with van der Waals surface area (Å²) >= 11 is 0. The predicted octanol–water partition coefficient (Wildman–Crippen LogP) is 3.12. The highest BCUT2D eigenvalue weighted by atomic mass is 19.1. The number of benzene rings is 1. The standard InChI is InChI=1S/C16H21F2NO/c17-14-6-13(7-15(18)8-14)16(20)4-5-19-9-11-2-1-3-12(11)10-19/h6-8,11-12,16,20H,1-5,9-10H2. The lowest BCUT2D eigenvalue weighted by Crippen LogP contribution is -2.24. The van der Waals surface area contributed by atoms with E-state index in [0.717, 1.165) is 37.5 Å². The summed E-state index contributed by atoms with van der Waals surface area (Å²) in [6.07, 6.45) is 3.76. The van der Waals surface area contributed by atoms with E-state index in [9.17, 15) is 13.9 Å². The number of aliphatic hydroxyl groups is 1. The molecular weight excluding hydrogens is 260 g/mol. The van der Waals surface area contributed by atoms with Gasteiger partial charge >= 0.3 is 0 Å². The number of aliphatic hydroxyl groups excluding tert-OH is 1. The minimum atomic E-state index is -0.791. The van der Waals surface area contributed by atoms with Crippen LogP contribution in [0.2, 0.25) is 0 Å². The number of fused-ring (bicyclic) bond motifs is 1. The lowest BCUT2D eigenvalue weighted by atomic mass is 10.0. The number of rotatable bonds is 4. The van der Waals surface area contributed by atoms with Crippen LogP contribution >= 0.6 is 0 Å². The Morgan fingerprint density at radius 3 is 2.30 bits per heavy atom. The summed E-state index contributed by atoms with van der Waals surface area (Å²) in [6, 6.07) is 3.26. The van der Waals surface area contributed by atoms with E-state index >= 15 is 0 Å². The van der Waals surface area contributed by atoms with Gasteiger partial charge in [-0.2, -0.15) is 0 Å². The van der Waals surface area contributed by atoms with Crippen molar-refractivity contribution < 1.29 is 13.9 Å². The maximum atomic E-state index is 13.1. The highest BCUT2D eigenvalue weighted by molar-refractivity contribution is 5.20. The van der Waals surface area contributed by atoms with Crippen LogP contribution in [0.1, 0.15) is 37.4 Å². The van der Waals surface area contributed by atoms with Crippen molar-refractivity contribution in [2.45, 2.75) is 31.8 Å². The number of likely N-dealkylation sites (tertiary alicyclic amines) is 1. The van der Waals surface area contributed by atoms with Crippen molar-refractivity contribution in [2.24, 2.45) is 11.8 Å². The highest BCUT2D eigenvalue weighted by Gasteiger charge is 2.35. The summed E-state index contributed by atoms with van der Waals surface area (Å²) in [5.41, 5.74) is 0.335. The quantitative estimate of drug-likeness (QED) is 0.916. The largest absolute Gasteiger partial charge is 0.388 e. The third-order valence-corrected chi connectivity index (χ3v) is 4.79.